The van der Waals surface area contributed by atoms with Gasteiger partial charge < -0.3 is 10.2 Å². The van der Waals surface area contributed by atoms with E-state index in [1.54, 1.807) is 0 Å². The van der Waals surface area contributed by atoms with Crippen LogP contribution in [0.3, 0.4) is 0 Å². The van der Waals surface area contributed by atoms with Gasteiger partial charge in [0.25, 0.3) is 0 Å². The van der Waals surface area contributed by atoms with Crippen LogP contribution in [0.2, 0.25) is 0 Å². The number of sulfone groups is 1. The summed E-state index contributed by atoms with van der Waals surface area (Å²) < 4.78 is 25.2. The van der Waals surface area contributed by atoms with Crippen LogP contribution < -0.4 is 10.2 Å². The normalized spacial score (nSPS) is 22.3. The van der Waals surface area contributed by atoms with E-state index in [0.29, 0.717) is 5.17 Å². The summed E-state index contributed by atoms with van der Waals surface area (Å²) in [4.78, 5) is 19.0. The molecule has 2 aromatic carbocycles. The van der Waals surface area contributed by atoms with Crippen molar-refractivity contribution in [2.45, 2.75) is 19.0 Å². The van der Waals surface area contributed by atoms with Crippen LogP contribution in [0.5, 0.6) is 0 Å². The molecule has 4 rings (SSSR count). The summed E-state index contributed by atoms with van der Waals surface area (Å²) >= 11 is 4.71. The smallest absolute Gasteiger partial charge is 0.234 e. The fourth-order valence-corrected chi connectivity index (χ4v) is 6.53. The lowest BCUT2D eigenvalue weighted by Gasteiger charge is -2.26. The van der Waals surface area contributed by atoms with Crippen LogP contribution in [0.1, 0.15) is 5.56 Å². The molecule has 0 bridgehead atoms. The van der Waals surface area contributed by atoms with Gasteiger partial charge in [-0.15, -0.1) is 0 Å². The van der Waals surface area contributed by atoms with Gasteiger partial charge in [-0.25, -0.2) is 8.42 Å². The number of aryl methyl sites for hydroxylation is 1. The van der Waals surface area contributed by atoms with E-state index in [4.69, 9.17) is 0 Å². The predicted molar refractivity (Wildman–Crippen MR) is 123 cm³/mol. The van der Waals surface area contributed by atoms with Crippen molar-refractivity contribution >= 4 is 60.0 Å². The van der Waals surface area contributed by atoms with Crippen LogP contribution in [0, 0.1) is 6.92 Å². The standard InChI is InChI=1S/C20H20BrN3O3S2/c1-13-2-8-16(9-3-13)24-18-12-29(26,27)11-17(18)23-20(24)28-10-19(25)22-15-6-4-14(21)5-7-15/h2-9,17-18H,10-12H2,1H3,(H,22,25)/t17-,18+/m0/s1. The Balaban J connectivity index is 1.49. The lowest BCUT2D eigenvalue weighted by atomic mass is 10.1. The summed E-state index contributed by atoms with van der Waals surface area (Å²) in [5.74, 6) is 0.219. The molecule has 9 heteroatoms. The highest BCUT2D eigenvalue weighted by atomic mass is 79.9. The zero-order valence-electron chi connectivity index (χ0n) is 15.7. The predicted octanol–water partition coefficient (Wildman–Crippen LogP) is 3.47. The highest BCUT2D eigenvalue weighted by molar-refractivity contribution is 9.10. The van der Waals surface area contributed by atoms with Gasteiger partial charge >= 0.3 is 0 Å². The number of amides is 1. The Morgan fingerprint density at radius 2 is 1.86 bits per heavy atom. The van der Waals surface area contributed by atoms with E-state index >= 15 is 0 Å². The molecule has 29 heavy (non-hydrogen) atoms. The molecule has 0 unspecified atom stereocenters. The molecule has 0 radical (unpaired) electrons. The summed E-state index contributed by atoms with van der Waals surface area (Å²) in [5, 5.41) is 3.57. The number of carbonyl (C=O) groups is 1. The molecule has 2 aromatic rings. The fraction of sp³-hybridized carbons (Fsp3) is 0.300. The van der Waals surface area contributed by atoms with Gasteiger partial charge in [-0.1, -0.05) is 45.4 Å². The Kier molecular flexibility index (Phi) is 5.72. The van der Waals surface area contributed by atoms with Gasteiger partial charge in [-0.3, -0.25) is 9.79 Å². The molecule has 0 saturated carbocycles. The van der Waals surface area contributed by atoms with Gasteiger partial charge in [0, 0.05) is 15.8 Å². The van der Waals surface area contributed by atoms with Gasteiger partial charge in [-0.2, -0.15) is 0 Å². The first-order chi connectivity index (χ1) is 13.8. The second kappa shape index (κ2) is 8.12. The number of hydrogen-bond acceptors (Lipinski definition) is 6. The highest BCUT2D eigenvalue weighted by Crippen LogP contribution is 2.35. The molecule has 0 aliphatic carbocycles. The number of carbonyl (C=O) groups excluding carboxylic acids is 1. The lowest BCUT2D eigenvalue weighted by Crippen LogP contribution is -2.39. The first kappa shape index (κ1) is 20.4. The number of aliphatic imine (C=N–C) groups is 1. The molecule has 1 saturated heterocycles. The number of fused-ring (bicyclic) bond motifs is 1. The van der Waals surface area contributed by atoms with Crippen molar-refractivity contribution in [3.05, 3.63) is 58.6 Å². The molecular weight excluding hydrogens is 474 g/mol. The number of anilines is 2. The highest BCUT2D eigenvalue weighted by Gasteiger charge is 2.47. The van der Waals surface area contributed by atoms with Crippen LogP contribution in [-0.4, -0.2) is 48.8 Å². The molecule has 2 heterocycles. The minimum atomic E-state index is -3.09. The minimum Gasteiger partial charge on any atom is -0.325 e. The molecule has 152 valence electrons. The summed E-state index contributed by atoms with van der Waals surface area (Å²) in [5.41, 5.74) is 2.76. The number of benzene rings is 2. The molecular formula is C20H20BrN3O3S2. The summed E-state index contributed by atoms with van der Waals surface area (Å²) in [6.45, 7) is 2.01. The van der Waals surface area contributed by atoms with Crippen molar-refractivity contribution in [3.8, 4) is 0 Å². The first-order valence-corrected chi connectivity index (χ1v) is 12.7. The fourth-order valence-electron chi connectivity index (χ4n) is 3.50. The number of halogens is 1. The average molecular weight is 494 g/mol. The maximum atomic E-state index is 12.4. The van der Waals surface area contributed by atoms with E-state index < -0.39 is 9.84 Å². The zero-order valence-corrected chi connectivity index (χ0v) is 18.9. The third-order valence-electron chi connectivity index (χ3n) is 4.88. The van der Waals surface area contributed by atoms with E-state index in [9.17, 15) is 13.2 Å². The number of nitrogens with one attached hydrogen (secondary N) is 1. The summed E-state index contributed by atoms with van der Waals surface area (Å²) in [7, 11) is -3.09. The van der Waals surface area contributed by atoms with Crippen molar-refractivity contribution in [3.63, 3.8) is 0 Å². The van der Waals surface area contributed by atoms with Gasteiger partial charge in [0.15, 0.2) is 15.0 Å². The molecule has 1 amide bonds. The van der Waals surface area contributed by atoms with Crippen molar-refractivity contribution in [1.82, 2.24) is 0 Å². The first-order valence-electron chi connectivity index (χ1n) is 9.13. The zero-order chi connectivity index (χ0) is 20.6. The largest absolute Gasteiger partial charge is 0.325 e. The second-order valence-electron chi connectivity index (χ2n) is 7.17. The molecule has 2 aliphatic rings. The molecule has 0 spiro atoms. The number of hydrogen-bond donors (Lipinski definition) is 1. The number of thioether (sulfide) groups is 1. The Bertz CT molecular complexity index is 1050. The third-order valence-corrected chi connectivity index (χ3v) is 8.07. The molecule has 1 fully saturated rings. The van der Waals surface area contributed by atoms with Crippen molar-refractivity contribution in [1.29, 1.82) is 0 Å². The third kappa shape index (κ3) is 4.67. The Labute approximate surface area is 182 Å². The van der Waals surface area contributed by atoms with Gasteiger partial charge in [0.05, 0.1) is 29.3 Å². The van der Waals surface area contributed by atoms with Crippen molar-refractivity contribution in [2.75, 3.05) is 27.5 Å². The number of amidine groups is 1. The number of rotatable bonds is 4. The molecule has 1 N–H and O–H groups in total. The second-order valence-corrected chi connectivity index (χ2v) is 11.2. The van der Waals surface area contributed by atoms with Crippen molar-refractivity contribution in [2.24, 2.45) is 4.99 Å². The molecule has 2 atom stereocenters. The Morgan fingerprint density at radius 3 is 2.55 bits per heavy atom. The molecule has 0 aromatic heterocycles. The average Bonchev–Trinajstić information content (AvgIpc) is 3.14. The Hall–Kier alpha value is -1.84. The van der Waals surface area contributed by atoms with E-state index in [1.807, 2.05) is 60.4 Å². The van der Waals surface area contributed by atoms with Crippen LogP contribution >= 0.6 is 27.7 Å². The SMILES string of the molecule is Cc1ccc(N2C(SCC(=O)Nc3ccc(Br)cc3)=N[C@H]3CS(=O)(=O)C[C@H]32)cc1. The van der Waals surface area contributed by atoms with Gasteiger partial charge in [-0.05, 0) is 43.3 Å². The topological polar surface area (TPSA) is 78.8 Å². The van der Waals surface area contributed by atoms with Gasteiger partial charge in [0.2, 0.25) is 5.91 Å². The number of nitrogens with zero attached hydrogens (tertiary/aromatic N) is 2. The van der Waals surface area contributed by atoms with Crippen LogP contribution in [-0.2, 0) is 14.6 Å². The van der Waals surface area contributed by atoms with Crippen LogP contribution in [0.25, 0.3) is 0 Å². The molecule has 6 nitrogen and oxygen atoms in total. The maximum absolute atomic E-state index is 12.4. The Morgan fingerprint density at radius 1 is 1.17 bits per heavy atom. The maximum Gasteiger partial charge on any atom is 0.234 e. The van der Waals surface area contributed by atoms with E-state index in [1.165, 1.54) is 11.8 Å². The monoisotopic (exact) mass is 493 g/mol. The minimum absolute atomic E-state index is 0.0647. The van der Waals surface area contributed by atoms with Crippen LogP contribution in [0.4, 0.5) is 11.4 Å². The van der Waals surface area contributed by atoms with E-state index in [0.717, 1.165) is 21.4 Å². The summed E-state index contributed by atoms with van der Waals surface area (Å²) in [6.07, 6.45) is 0. The lowest BCUT2D eigenvalue weighted by molar-refractivity contribution is -0.113. The van der Waals surface area contributed by atoms with Gasteiger partial charge in [0.1, 0.15) is 0 Å². The van der Waals surface area contributed by atoms with Crippen LogP contribution in [0.15, 0.2) is 58.0 Å². The van der Waals surface area contributed by atoms with Crippen molar-refractivity contribution < 1.29 is 13.2 Å². The van der Waals surface area contributed by atoms with E-state index in [-0.39, 0.29) is 35.2 Å². The molecule has 2 aliphatic heterocycles. The quantitative estimate of drug-likeness (QED) is 0.705. The van der Waals surface area contributed by atoms with E-state index in [2.05, 4.69) is 26.2 Å². The summed E-state index contributed by atoms with van der Waals surface area (Å²) in [6, 6.07) is 14.8.